The largest absolute Gasteiger partial charge is 0.339 e. The number of nitrogens with zero attached hydrogens (tertiary/aromatic N) is 4. The Morgan fingerprint density at radius 2 is 1.71 bits per heavy atom. The maximum atomic E-state index is 12.7. The molecular formula is C18H28N4O2. The Hall–Kier alpha value is -1.85. The van der Waals surface area contributed by atoms with E-state index in [9.17, 15) is 9.59 Å². The highest BCUT2D eigenvalue weighted by Gasteiger charge is 2.29. The Bertz CT molecular complexity index is 575. The zero-order valence-electron chi connectivity index (χ0n) is 14.8. The van der Waals surface area contributed by atoms with Crippen molar-refractivity contribution in [2.45, 2.75) is 52.5 Å². The van der Waals surface area contributed by atoms with Gasteiger partial charge in [-0.1, -0.05) is 13.8 Å². The monoisotopic (exact) mass is 332 g/mol. The van der Waals surface area contributed by atoms with Crippen molar-refractivity contribution < 1.29 is 9.59 Å². The topological polar surface area (TPSA) is 58.4 Å². The van der Waals surface area contributed by atoms with Crippen LogP contribution < -0.4 is 0 Å². The molecule has 0 unspecified atom stereocenters. The molecule has 0 aliphatic carbocycles. The minimum absolute atomic E-state index is 0.00605. The molecule has 1 aromatic heterocycles. The second-order valence-electron chi connectivity index (χ2n) is 6.83. The van der Waals surface area contributed by atoms with Gasteiger partial charge in [0.05, 0.1) is 0 Å². The van der Waals surface area contributed by atoms with Gasteiger partial charge in [-0.25, -0.2) is 0 Å². The fourth-order valence-corrected chi connectivity index (χ4v) is 3.71. The quantitative estimate of drug-likeness (QED) is 0.847. The minimum atomic E-state index is 0.00605. The van der Waals surface area contributed by atoms with E-state index in [1.807, 2.05) is 20.5 Å². The van der Waals surface area contributed by atoms with Gasteiger partial charge in [0.15, 0.2) is 5.69 Å². The van der Waals surface area contributed by atoms with E-state index in [2.05, 4.69) is 18.9 Å². The van der Waals surface area contributed by atoms with Crippen LogP contribution in [0, 0.1) is 5.92 Å². The summed E-state index contributed by atoms with van der Waals surface area (Å²) >= 11 is 0. The molecule has 24 heavy (non-hydrogen) atoms. The van der Waals surface area contributed by atoms with E-state index < -0.39 is 0 Å². The van der Waals surface area contributed by atoms with Gasteiger partial charge in [0, 0.05) is 44.3 Å². The van der Waals surface area contributed by atoms with Crippen LogP contribution in [0.15, 0.2) is 6.07 Å². The number of aryl methyl sites for hydroxylation is 2. The number of piperazine rings is 1. The Labute approximate surface area is 143 Å². The lowest BCUT2D eigenvalue weighted by Gasteiger charge is -2.36. The van der Waals surface area contributed by atoms with Crippen molar-refractivity contribution in [3.8, 4) is 0 Å². The van der Waals surface area contributed by atoms with Crippen LogP contribution >= 0.6 is 0 Å². The molecule has 1 fully saturated rings. The van der Waals surface area contributed by atoms with Crippen LogP contribution in [-0.4, -0.2) is 57.6 Å². The summed E-state index contributed by atoms with van der Waals surface area (Å²) in [4.78, 5) is 28.9. The Kier molecular flexibility index (Phi) is 5.21. The first-order valence-corrected chi connectivity index (χ1v) is 9.28. The van der Waals surface area contributed by atoms with E-state index in [0.717, 1.165) is 32.2 Å². The Balaban J connectivity index is 1.59. The first-order chi connectivity index (χ1) is 11.6. The molecular weight excluding hydrogens is 304 g/mol. The summed E-state index contributed by atoms with van der Waals surface area (Å²) in [6.45, 7) is 7.52. The molecule has 6 heteroatoms. The highest BCUT2D eigenvalue weighted by molar-refractivity contribution is 5.92. The van der Waals surface area contributed by atoms with Gasteiger partial charge in [-0.2, -0.15) is 5.10 Å². The molecule has 0 atom stereocenters. The van der Waals surface area contributed by atoms with E-state index in [0.29, 0.717) is 31.9 Å². The Morgan fingerprint density at radius 3 is 2.33 bits per heavy atom. The van der Waals surface area contributed by atoms with Crippen LogP contribution in [0.4, 0.5) is 0 Å². The van der Waals surface area contributed by atoms with E-state index >= 15 is 0 Å². The number of rotatable bonds is 4. The molecule has 2 amide bonds. The fourth-order valence-electron chi connectivity index (χ4n) is 3.71. The fraction of sp³-hybridized carbons (Fsp3) is 0.722. The molecule has 0 radical (unpaired) electrons. The summed E-state index contributed by atoms with van der Waals surface area (Å²) in [6.07, 6.45) is 5.09. The summed E-state index contributed by atoms with van der Waals surface area (Å²) in [5.74, 6) is 0.364. The number of carbonyl (C=O) groups is 2. The van der Waals surface area contributed by atoms with Crippen molar-refractivity contribution in [1.82, 2.24) is 19.6 Å². The van der Waals surface area contributed by atoms with Crippen LogP contribution in [0.1, 0.15) is 55.7 Å². The average molecular weight is 332 g/mol. The van der Waals surface area contributed by atoms with Gasteiger partial charge in [-0.3, -0.25) is 14.3 Å². The summed E-state index contributed by atoms with van der Waals surface area (Å²) < 4.78 is 1.98. The summed E-state index contributed by atoms with van der Waals surface area (Å²) in [7, 11) is 0. The molecule has 0 saturated carbocycles. The van der Waals surface area contributed by atoms with Crippen LogP contribution in [0.25, 0.3) is 0 Å². The first kappa shape index (κ1) is 17.0. The first-order valence-electron chi connectivity index (χ1n) is 9.28. The van der Waals surface area contributed by atoms with Crippen molar-refractivity contribution in [2.24, 2.45) is 5.92 Å². The molecule has 0 aromatic carbocycles. The molecule has 0 N–H and O–H groups in total. The molecule has 0 spiro atoms. The molecule has 2 aliphatic heterocycles. The minimum Gasteiger partial charge on any atom is -0.339 e. The van der Waals surface area contributed by atoms with Crippen molar-refractivity contribution in [2.75, 3.05) is 26.2 Å². The van der Waals surface area contributed by atoms with Crippen molar-refractivity contribution in [1.29, 1.82) is 0 Å². The normalized spacial score (nSPS) is 18.0. The van der Waals surface area contributed by atoms with Gasteiger partial charge in [-0.15, -0.1) is 0 Å². The highest BCUT2D eigenvalue weighted by Crippen LogP contribution is 2.18. The van der Waals surface area contributed by atoms with Crippen LogP contribution in [0.5, 0.6) is 0 Å². The molecule has 2 aliphatic rings. The van der Waals surface area contributed by atoms with Gasteiger partial charge < -0.3 is 9.80 Å². The van der Waals surface area contributed by atoms with Crippen LogP contribution in [-0.2, 0) is 17.8 Å². The molecule has 132 valence electrons. The second-order valence-corrected chi connectivity index (χ2v) is 6.83. The smallest absolute Gasteiger partial charge is 0.274 e. The zero-order valence-corrected chi connectivity index (χ0v) is 14.8. The molecule has 3 heterocycles. The van der Waals surface area contributed by atoms with Crippen LogP contribution in [0.3, 0.4) is 0 Å². The van der Waals surface area contributed by atoms with E-state index in [-0.39, 0.29) is 17.7 Å². The predicted molar refractivity (Wildman–Crippen MR) is 91.7 cm³/mol. The van der Waals surface area contributed by atoms with Gasteiger partial charge in [0.2, 0.25) is 5.91 Å². The highest BCUT2D eigenvalue weighted by atomic mass is 16.2. The van der Waals surface area contributed by atoms with Gasteiger partial charge in [-0.05, 0) is 38.2 Å². The number of carbonyl (C=O) groups excluding carboxylic acids is 2. The van der Waals surface area contributed by atoms with E-state index in [4.69, 9.17) is 0 Å². The molecule has 1 saturated heterocycles. The molecule has 3 rings (SSSR count). The average Bonchev–Trinajstić information content (AvgIpc) is 3.06. The number of hydrogen-bond donors (Lipinski definition) is 0. The number of fused-ring (bicyclic) bond motifs is 1. The maximum Gasteiger partial charge on any atom is 0.274 e. The van der Waals surface area contributed by atoms with Gasteiger partial charge >= 0.3 is 0 Å². The third kappa shape index (κ3) is 3.32. The zero-order chi connectivity index (χ0) is 17.1. The van der Waals surface area contributed by atoms with Crippen LogP contribution in [0.2, 0.25) is 0 Å². The number of aromatic nitrogens is 2. The lowest BCUT2D eigenvalue weighted by Crippen LogP contribution is -2.52. The summed E-state index contributed by atoms with van der Waals surface area (Å²) in [5, 5.41) is 4.48. The van der Waals surface area contributed by atoms with E-state index in [1.165, 1.54) is 12.1 Å². The summed E-state index contributed by atoms with van der Waals surface area (Å²) in [6, 6.07) is 1.95. The predicted octanol–water partition coefficient (Wildman–Crippen LogP) is 1.94. The maximum absolute atomic E-state index is 12.7. The van der Waals surface area contributed by atoms with Crippen molar-refractivity contribution in [3.63, 3.8) is 0 Å². The number of hydrogen-bond acceptors (Lipinski definition) is 3. The standard InChI is InChI=1S/C18H28N4O2/c1-3-14(4-2)17(23)20-9-11-21(12-10-20)18(24)16-13-15-7-5-6-8-22(15)19-16/h13-14H,3-12H2,1-2H3. The second kappa shape index (κ2) is 7.36. The van der Waals surface area contributed by atoms with Crippen molar-refractivity contribution in [3.05, 3.63) is 17.5 Å². The summed E-state index contributed by atoms with van der Waals surface area (Å²) in [5.41, 5.74) is 1.74. The lowest BCUT2D eigenvalue weighted by molar-refractivity contribution is -0.137. The molecule has 0 bridgehead atoms. The third-order valence-electron chi connectivity index (χ3n) is 5.35. The SMILES string of the molecule is CCC(CC)C(=O)N1CCN(C(=O)c2cc3n(n2)CCCC3)CC1. The third-order valence-corrected chi connectivity index (χ3v) is 5.35. The molecule has 6 nitrogen and oxygen atoms in total. The van der Waals surface area contributed by atoms with Crippen molar-refractivity contribution >= 4 is 11.8 Å². The lowest BCUT2D eigenvalue weighted by atomic mass is 10.0. The van der Waals surface area contributed by atoms with Gasteiger partial charge in [0.1, 0.15) is 0 Å². The number of amides is 2. The van der Waals surface area contributed by atoms with Gasteiger partial charge in [0.25, 0.3) is 5.91 Å². The Morgan fingerprint density at radius 1 is 1.04 bits per heavy atom. The van der Waals surface area contributed by atoms with E-state index in [1.54, 1.807) is 0 Å². The molecule has 1 aromatic rings.